The SMILES string of the molecule is Cc1cc(-c2cnc(NCc3ccccn3)nc2-c2cccs2)on1. The van der Waals surface area contributed by atoms with Crippen LogP contribution >= 0.6 is 11.3 Å². The Morgan fingerprint density at radius 3 is 2.84 bits per heavy atom. The maximum atomic E-state index is 5.40. The molecule has 4 aromatic heterocycles. The van der Waals surface area contributed by atoms with Crippen molar-refractivity contribution in [1.82, 2.24) is 20.1 Å². The molecule has 0 saturated carbocycles. The van der Waals surface area contributed by atoms with Crippen molar-refractivity contribution in [2.24, 2.45) is 0 Å². The van der Waals surface area contributed by atoms with Gasteiger partial charge >= 0.3 is 0 Å². The number of aryl methyl sites for hydroxylation is 1. The molecule has 124 valence electrons. The first-order chi connectivity index (χ1) is 12.3. The van der Waals surface area contributed by atoms with Crippen molar-refractivity contribution in [3.05, 3.63) is 65.6 Å². The Morgan fingerprint density at radius 2 is 2.12 bits per heavy atom. The Balaban J connectivity index is 1.67. The Bertz CT molecular complexity index is 966. The summed E-state index contributed by atoms with van der Waals surface area (Å²) in [6.07, 6.45) is 3.53. The van der Waals surface area contributed by atoms with E-state index in [2.05, 4.69) is 25.4 Å². The van der Waals surface area contributed by atoms with E-state index in [1.54, 1.807) is 23.7 Å². The zero-order valence-electron chi connectivity index (χ0n) is 13.5. The fourth-order valence-corrected chi connectivity index (χ4v) is 3.14. The minimum atomic E-state index is 0.550. The summed E-state index contributed by atoms with van der Waals surface area (Å²) in [5.41, 5.74) is 3.40. The molecule has 1 N–H and O–H groups in total. The van der Waals surface area contributed by atoms with E-state index < -0.39 is 0 Å². The highest BCUT2D eigenvalue weighted by Crippen LogP contribution is 2.33. The molecule has 0 radical (unpaired) electrons. The molecule has 4 aromatic rings. The van der Waals surface area contributed by atoms with Crippen LogP contribution in [0.2, 0.25) is 0 Å². The van der Waals surface area contributed by atoms with E-state index >= 15 is 0 Å². The first kappa shape index (κ1) is 15.5. The van der Waals surface area contributed by atoms with E-state index in [1.165, 1.54) is 0 Å². The second-order valence-electron chi connectivity index (χ2n) is 5.44. The number of rotatable bonds is 5. The lowest BCUT2D eigenvalue weighted by Crippen LogP contribution is -2.05. The number of nitrogens with one attached hydrogen (secondary N) is 1. The van der Waals surface area contributed by atoms with Crippen LogP contribution in [-0.2, 0) is 6.54 Å². The summed E-state index contributed by atoms with van der Waals surface area (Å²) >= 11 is 1.62. The molecule has 6 nitrogen and oxygen atoms in total. The van der Waals surface area contributed by atoms with Gasteiger partial charge < -0.3 is 9.84 Å². The van der Waals surface area contributed by atoms with Gasteiger partial charge in [-0.25, -0.2) is 9.97 Å². The summed E-state index contributed by atoms with van der Waals surface area (Å²) in [4.78, 5) is 14.4. The Morgan fingerprint density at radius 1 is 1.16 bits per heavy atom. The van der Waals surface area contributed by atoms with Gasteiger partial charge in [0.25, 0.3) is 0 Å². The minimum absolute atomic E-state index is 0.550. The van der Waals surface area contributed by atoms with Crippen molar-refractivity contribution in [2.45, 2.75) is 13.5 Å². The molecule has 0 spiro atoms. The molecule has 0 bridgehead atoms. The van der Waals surface area contributed by atoms with E-state index in [0.29, 0.717) is 18.3 Å². The molecular weight excluding hydrogens is 334 g/mol. The van der Waals surface area contributed by atoms with E-state index in [0.717, 1.165) is 27.5 Å². The normalized spacial score (nSPS) is 10.8. The first-order valence-corrected chi connectivity index (χ1v) is 8.66. The standard InChI is InChI=1S/C18H15N5OS/c1-12-9-15(24-23-12)14-11-21-18(20-10-13-5-2-3-7-19-13)22-17(14)16-6-4-8-25-16/h2-9,11H,10H2,1H3,(H,20,21,22). The molecule has 7 heteroatoms. The van der Waals surface area contributed by atoms with Crippen molar-refractivity contribution in [1.29, 1.82) is 0 Å². The predicted molar refractivity (Wildman–Crippen MR) is 97.1 cm³/mol. The Kier molecular flexibility index (Phi) is 4.22. The van der Waals surface area contributed by atoms with Gasteiger partial charge in [-0.15, -0.1) is 11.3 Å². The molecule has 0 aromatic carbocycles. The quantitative estimate of drug-likeness (QED) is 0.582. The maximum Gasteiger partial charge on any atom is 0.223 e. The number of anilines is 1. The molecule has 4 heterocycles. The fourth-order valence-electron chi connectivity index (χ4n) is 2.41. The van der Waals surface area contributed by atoms with E-state index in [4.69, 9.17) is 4.52 Å². The fraction of sp³-hybridized carbons (Fsp3) is 0.111. The van der Waals surface area contributed by atoms with Gasteiger partial charge in [-0.2, -0.15) is 0 Å². The van der Waals surface area contributed by atoms with Gasteiger partial charge in [0, 0.05) is 18.5 Å². The molecule has 0 atom stereocenters. The molecule has 0 aliphatic carbocycles. The number of thiophene rings is 1. The highest BCUT2D eigenvalue weighted by atomic mass is 32.1. The summed E-state index contributed by atoms with van der Waals surface area (Å²) < 4.78 is 5.40. The van der Waals surface area contributed by atoms with Crippen LogP contribution in [0.4, 0.5) is 5.95 Å². The van der Waals surface area contributed by atoms with E-state index in [1.807, 2.05) is 48.7 Å². The molecule has 0 aliphatic heterocycles. The number of hydrogen-bond acceptors (Lipinski definition) is 7. The highest BCUT2D eigenvalue weighted by molar-refractivity contribution is 7.13. The number of hydrogen-bond donors (Lipinski definition) is 1. The van der Waals surface area contributed by atoms with Crippen LogP contribution in [0.15, 0.2) is 58.7 Å². The van der Waals surface area contributed by atoms with E-state index in [-0.39, 0.29) is 0 Å². The van der Waals surface area contributed by atoms with Gasteiger partial charge in [0.05, 0.1) is 34.1 Å². The second-order valence-corrected chi connectivity index (χ2v) is 6.39. The molecule has 25 heavy (non-hydrogen) atoms. The van der Waals surface area contributed by atoms with Crippen LogP contribution in [0.3, 0.4) is 0 Å². The summed E-state index contributed by atoms with van der Waals surface area (Å²) in [6, 6.07) is 11.7. The zero-order valence-corrected chi connectivity index (χ0v) is 14.3. The number of nitrogens with zero attached hydrogens (tertiary/aromatic N) is 4. The molecule has 0 unspecified atom stereocenters. The molecular formula is C18H15N5OS. The van der Waals surface area contributed by atoms with Crippen LogP contribution in [0.25, 0.3) is 21.9 Å². The third-order valence-corrected chi connectivity index (χ3v) is 4.47. The Hall–Kier alpha value is -3.06. The zero-order chi connectivity index (χ0) is 17.1. The van der Waals surface area contributed by atoms with Crippen LogP contribution < -0.4 is 5.32 Å². The summed E-state index contributed by atoms with van der Waals surface area (Å²) in [6.45, 7) is 2.45. The van der Waals surface area contributed by atoms with Crippen LogP contribution in [0.1, 0.15) is 11.4 Å². The van der Waals surface area contributed by atoms with Crippen molar-refractivity contribution in [3.8, 4) is 21.9 Å². The van der Waals surface area contributed by atoms with Gasteiger partial charge in [-0.3, -0.25) is 4.98 Å². The maximum absolute atomic E-state index is 5.40. The van der Waals surface area contributed by atoms with Gasteiger partial charge in [-0.1, -0.05) is 17.3 Å². The third-order valence-electron chi connectivity index (χ3n) is 3.59. The van der Waals surface area contributed by atoms with E-state index in [9.17, 15) is 0 Å². The van der Waals surface area contributed by atoms with Crippen molar-refractivity contribution >= 4 is 17.3 Å². The average molecular weight is 349 g/mol. The van der Waals surface area contributed by atoms with Crippen LogP contribution in [0, 0.1) is 6.92 Å². The monoisotopic (exact) mass is 349 g/mol. The average Bonchev–Trinajstić information content (AvgIpc) is 3.32. The van der Waals surface area contributed by atoms with Crippen molar-refractivity contribution in [2.75, 3.05) is 5.32 Å². The number of pyridine rings is 1. The molecule has 0 amide bonds. The van der Waals surface area contributed by atoms with Crippen LogP contribution in [-0.4, -0.2) is 20.1 Å². The second kappa shape index (κ2) is 6.82. The largest absolute Gasteiger partial charge is 0.356 e. The lowest BCUT2D eigenvalue weighted by atomic mass is 10.1. The summed E-state index contributed by atoms with van der Waals surface area (Å²) in [7, 11) is 0. The van der Waals surface area contributed by atoms with Gasteiger partial charge in [0.2, 0.25) is 5.95 Å². The predicted octanol–water partition coefficient (Wildman–Crippen LogP) is 4.18. The van der Waals surface area contributed by atoms with Gasteiger partial charge in [-0.05, 0) is 30.5 Å². The highest BCUT2D eigenvalue weighted by Gasteiger charge is 2.16. The number of aromatic nitrogens is 4. The molecule has 0 aliphatic rings. The lowest BCUT2D eigenvalue weighted by Gasteiger charge is -2.08. The summed E-state index contributed by atoms with van der Waals surface area (Å²) in [5, 5.41) is 9.21. The van der Waals surface area contributed by atoms with Gasteiger partial charge in [0.1, 0.15) is 0 Å². The van der Waals surface area contributed by atoms with Gasteiger partial charge in [0.15, 0.2) is 5.76 Å². The molecule has 0 fully saturated rings. The lowest BCUT2D eigenvalue weighted by molar-refractivity contribution is 0.427. The topological polar surface area (TPSA) is 76.7 Å². The van der Waals surface area contributed by atoms with Crippen LogP contribution in [0.5, 0.6) is 0 Å². The smallest absolute Gasteiger partial charge is 0.223 e. The minimum Gasteiger partial charge on any atom is -0.356 e. The molecule has 0 saturated heterocycles. The third kappa shape index (κ3) is 3.41. The molecule has 4 rings (SSSR count). The first-order valence-electron chi connectivity index (χ1n) is 7.78. The summed E-state index contributed by atoms with van der Waals surface area (Å²) in [5.74, 6) is 1.21. The Labute approximate surface area is 148 Å². The van der Waals surface area contributed by atoms with Crippen molar-refractivity contribution < 1.29 is 4.52 Å². The van der Waals surface area contributed by atoms with Crippen molar-refractivity contribution in [3.63, 3.8) is 0 Å².